The van der Waals surface area contributed by atoms with E-state index >= 15 is 0 Å². The number of fused-ring (bicyclic) bond motifs is 1. The molecule has 1 atom stereocenters. The Morgan fingerprint density at radius 1 is 1.16 bits per heavy atom. The first kappa shape index (κ1) is 22.9. The van der Waals surface area contributed by atoms with Crippen molar-refractivity contribution in [3.63, 3.8) is 0 Å². The molecule has 0 saturated carbocycles. The summed E-state index contributed by atoms with van der Waals surface area (Å²) in [5.41, 5.74) is 1.52. The Labute approximate surface area is 187 Å². The first-order valence-electron chi connectivity index (χ1n) is 10.6. The van der Waals surface area contributed by atoms with E-state index in [2.05, 4.69) is 0 Å². The van der Waals surface area contributed by atoms with Crippen LogP contribution in [0.5, 0.6) is 11.5 Å². The predicted octanol–water partition coefficient (Wildman–Crippen LogP) is 6.11. The van der Waals surface area contributed by atoms with Crippen LogP contribution in [0.2, 0.25) is 5.02 Å². The van der Waals surface area contributed by atoms with Gasteiger partial charge in [0, 0.05) is 23.9 Å². The molecule has 0 aromatic heterocycles. The second-order valence-corrected chi connectivity index (χ2v) is 8.20. The SMILES string of the molecule is C[C@H]1CCCC(=O)CCC/C=C/c2cc(OCc3cccc(Cl)c3)cc(O)c2C(=O)O1. The molecule has 1 aliphatic rings. The number of hydrogen-bond acceptors (Lipinski definition) is 5. The summed E-state index contributed by atoms with van der Waals surface area (Å²) in [5.74, 6) is -0.117. The van der Waals surface area contributed by atoms with Crippen LogP contribution in [0.4, 0.5) is 0 Å². The van der Waals surface area contributed by atoms with Gasteiger partial charge < -0.3 is 14.6 Å². The van der Waals surface area contributed by atoms with Crippen molar-refractivity contribution < 1.29 is 24.2 Å². The fraction of sp³-hybridized carbons (Fsp3) is 0.360. The number of ketones is 1. The average Bonchev–Trinajstić information content (AvgIpc) is 2.71. The third-order valence-corrected chi connectivity index (χ3v) is 5.35. The van der Waals surface area contributed by atoms with Crippen LogP contribution in [-0.2, 0) is 16.1 Å². The molecule has 1 heterocycles. The second kappa shape index (κ2) is 11.0. The summed E-state index contributed by atoms with van der Waals surface area (Å²) in [7, 11) is 0. The van der Waals surface area contributed by atoms with Gasteiger partial charge in [0.25, 0.3) is 0 Å². The second-order valence-electron chi connectivity index (χ2n) is 7.77. The zero-order valence-electron chi connectivity index (χ0n) is 17.6. The molecular weight excluding hydrogens is 416 g/mol. The fourth-order valence-electron chi connectivity index (χ4n) is 3.49. The molecule has 3 rings (SSSR count). The third-order valence-electron chi connectivity index (χ3n) is 5.12. The molecule has 0 saturated heterocycles. The van der Waals surface area contributed by atoms with E-state index in [0.29, 0.717) is 48.4 Å². The number of carbonyl (C=O) groups is 2. The van der Waals surface area contributed by atoms with E-state index in [9.17, 15) is 14.7 Å². The summed E-state index contributed by atoms with van der Waals surface area (Å²) in [6, 6.07) is 10.5. The van der Waals surface area contributed by atoms with Crippen LogP contribution >= 0.6 is 11.6 Å². The average molecular weight is 443 g/mol. The number of Topliss-reactive ketones (excluding diaryl/α,β-unsaturated/α-hetero) is 1. The number of phenolic OH excluding ortho intramolecular Hbond substituents is 1. The van der Waals surface area contributed by atoms with Gasteiger partial charge in [-0.05, 0) is 61.9 Å². The number of aromatic hydroxyl groups is 1. The van der Waals surface area contributed by atoms with E-state index in [1.165, 1.54) is 6.07 Å². The Bertz CT molecular complexity index is 966. The Hall–Kier alpha value is -2.79. The normalized spacial score (nSPS) is 19.1. The van der Waals surface area contributed by atoms with Gasteiger partial charge in [0.05, 0.1) is 6.10 Å². The summed E-state index contributed by atoms with van der Waals surface area (Å²) in [5, 5.41) is 11.2. The molecule has 2 aromatic rings. The number of rotatable bonds is 3. The molecule has 0 bridgehead atoms. The molecule has 5 nitrogen and oxygen atoms in total. The van der Waals surface area contributed by atoms with Gasteiger partial charge in [-0.1, -0.05) is 35.9 Å². The highest BCUT2D eigenvalue weighted by Crippen LogP contribution is 2.31. The van der Waals surface area contributed by atoms with Gasteiger partial charge in [-0.25, -0.2) is 4.79 Å². The summed E-state index contributed by atoms with van der Waals surface area (Å²) in [6.45, 7) is 2.06. The predicted molar refractivity (Wildman–Crippen MR) is 121 cm³/mol. The molecule has 164 valence electrons. The van der Waals surface area contributed by atoms with Crippen molar-refractivity contribution in [1.82, 2.24) is 0 Å². The van der Waals surface area contributed by atoms with Gasteiger partial charge in [0.2, 0.25) is 0 Å². The quantitative estimate of drug-likeness (QED) is 0.581. The number of benzene rings is 2. The minimum atomic E-state index is -0.588. The Morgan fingerprint density at radius 2 is 1.97 bits per heavy atom. The van der Waals surface area contributed by atoms with E-state index in [1.807, 2.05) is 18.2 Å². The van der Waals surface area contributed by atoms with Crippen LogP contribution in [0.3, 0.4) is 0 Å². The monoisotopic (exact) mass is 442 g/mol. The summed E-state index contributed by atoms with van der Waals surface area (Å²) in [6.07, 6.45) is 7.09. The van der Waals surface area contributed by atoms with Crippen LogP contribution in [-0.4, -0.2) is 23.0 Å². The van der Waals surface area contributed by atoms with Crippen molar-refractivity contribution in [2.75, 3.05) is 0 Å². The number of phenols is 1. The van der Waals surface area contributed by atoms with Crippen LogP contribution in [0, 0.1) is 0 Å². The highest BCUT2D eigenvalue weighted by molar-refractivity contribution is 6.30. The number of esters is 1. The number of ether oxygens (including phenoxy) is 2. The molecule has 0 fully saturated rings. The number of hydrogen-bond donors (Lipinski definition) is 1. The van der Waals surface area contributed by atoms with Gasteiger partial charge in [0.15, 0.2) is 0 Å². The molecule has 31 heavy (non-hydrogen) atoms. The van der Waals surface area contributed by atoms with Crippen molar-refractivity contribution >= 4 is 29.4 Å². The van der Waals surface area contributed by atoms with Gasteiger partial charge in [-0.3, -0.25) is 4.79 Å². The van der Waals surface area contributed by atoms with E-state index in [4.69, 9.17) is 21.1 Å². The highest BCUT2D eigenvalue weighted by atomic mass is 35.5. The Kier molecular flexibility index (Phi) is 8.13. The standard InChI is InChI=1S/C25H27ClO5/c1-17-7-5-12-21(27)11-4-2-3-9-19-14-22(15-23(28)24(19)25(29)31-17)30-16-18-8-6-10-20(26)13-18/h3,6,8-10,13-15,17,28H,2,4-5,7,11-12,16H2,1H3/b9-3+/t17-/m0/s1. The molecule has 2 aromatic carbocycles. The lowest BCUT2D eigenvalue weighted by molar-refractivity contribution is -0.119. The summed E-state index contributed by atoms with van der Waals surface area (Å²) < 4.78 is 11.3. The maximum atomic E-state index is 12.8. The zero-order valence-corrected chi connectivity index (χ0v) is 18.4. The van der Waals surface area contributed by atoms with Gasteiger partial charge in [-0.15, -0.1) is 0 Å². The molecule has 0 spiro atoms. The number of allylic oxidation sites excluding steroid dienone is 1. The van der Waals surface area contributed by atoms with Crippen LogP contribution in [0.15, 0.2) is 42.5 Å². The maximum absolute atomic E-state index is 12.8. The molecule has 6 heteroatoms. The van der Waals surface area contributed by atoms with E-state index in [0.717, 1.165) is 12.0 Å². The molecule has 1 aliphatic heterocycles. The lowest BCUT2D eigenvalue weighted by atomic mass is 10.0. The van der Waals surface area contributed by atoms with Gasteiger partial charge in [0.1, 0.15) is 29.5 Å². The molecule has 1 N–H and O–H groups in total. The minimum absolute atomic E-state index is 0.117. The number of halogens is 1. The zero-order chi connectivity index (χ0) is 22.2. The van der Waals surface area contributed by atoms with Crippen LogP contribution in [0.1, 0.15) is 66.9 Å². The van der Waals surface area contributed by atoms with Crippen molar-refractivity contribution in [1.29, 1.82) is 0 Å². The lowest BCUT2D eigenvalue weighted by Crippen LogP contribution is -2.17. The largest absolute Gasteiger partial charge is 0.507 e. The molecule has 0 amide bonds. The third kappa shape index (κ3) is 6.86. The van der Waals surface area contributed by atoms with E-state index < -0.39 is 5.97 Å². The van der Waals surface area contributed by atoms with Crippen molar-refractivity contribution in [2.45, 2.75) is 58.2 Å². The fourth-order valence-corrected chi connectivity index (χ4v) is 3.71. The van der Waals surface area contributed by atoms with Crippen LogP contribution < -0.4 is 4.74 Å². The van der Waals surface area contributed by atoms with E-state index in [-0.39, 0.29) is 29.8 Å². The minimum Gasteiger partial charge on any atom is -0.507 e. The van der Waals surface area contributed by atoms with Crippen LogP contribution in [0.25, 0.3) is 6.08 Å². The van der Waals surface area contributed by atoms with Crippen molar-refractivity contribution in [2.24, 2.45) is 0 Å². The Balaban J connectivity index is 1.85. The first-order valence-corrected chi connectivity index (χ1v) is 10.9. The molecule has 0 unspecified atom stereocenters. The summed E-state index contributed by atoms with van der Waals surface area (Å²) in [4.78, 5) is 24.7. The first-order chi connectivity index (χ1) is 14.9. The number of cyclic esters (lactones) is 1. The van der Waals surface area contributed by atoms with Crippen molar-refractivity contribution in [3.05, 3.63) is 64.2 Å². The summed E-state index contributed by atoms with van der Waals surface area (Å²) >= 11 is 6.02. The smallest absolute Gasteiger partial charge is 0.342 e. The van der Waals surface area contributed by atoms with E-state index in [1.54, 1.807) is 31.2 Å². The van der Waals surface area contributed by atoms with Gasteiger partial charge >= 0.3 is 5.97 Å². The lowest BCUT2D eigenvalue weighted by Gasteiger charge is -2.16. The van der Waals surface area contributed by atoms with Gasteiger partial charge in [-0.2, -0.15) is 0 Å². The Morgan fingerprint density at radius 3 is 2.77 bits per heavy atom. The maximum Gasteiger partial charge on any atom is 0.342 e. The van der Waals surface area contributed by atoms with Crippen molar-refractivity contribution in [3.8, 4) is 11.5 Å². The topological polar surface area (TPSA) is 72.8 Å². The number of carbonyl (C=O) groups excluding carboxylic acids is 2. The molecule has 0 radical (unpaired) electrons. The molecule has 0 aliphatic carbocycles. The molecular formula is C25H27ClO5. The highest BCUT2D eigenvalue weighted by Gasteiger charge is 2.21.